The molecule has 21 heavy (non-hydrogen) atoms. The van der Waals surface area contributed by atoms with E-state index < -0.39 is 23.9 Å². The number of carbonyl (C=O) groups is 4. The van der Waals surface area contributed by atoms with Gasteiger partial charge in [-0.1, -0.05) is 18.2 Å². The summed E-state index contributed by atoms with van der Waals surface area (Å²) in [5.41, 5.74) is -0.380. The minimum atomic E-state index is -1.23. The molecule has 8 heteroatoms. The van der Waals surface area contributed by atoms with E-state index in [4.69, 9.17) is 20.4 Å². The van der Waals surface area contributed by atoms with Crippen LogP contribution < -0.4 is 0 Å². The summed E-state index contributed by atoms with van der Waals surface area (Å²) in [5, 5.41) is 33.0. The zero-order valence-corrected chi connectivity index (χ0v) is 10.6. The van der Waals surface area contributed by atoms with E-state index in [1.165, 1.54) is 24.3 Å². The van der Waals surface area contributed by atoms with Crippen LogP contribution in [0.25, 0.3) is 0 Å². The van der Waals surface area contributed by atoms with Gasteiger partial charge >= 0.3 is 23.9 Å². The van der Waals surface area contributed by atoms with Crippen molar-refractivity contribution in [2.45, 2.75) is 6.42 Å². The van der Waals surface area contributed by atoms with Gasteiger partial charge in [0.05, 0.1) is 17.5 Å². The Morgan fingerprint density at radius 1 is 0.857 bits per heavy atom. The Labute approximate surface area is 118 Å². The fourth-order valence-corrected chi connectivity index (χ4v) is 1.12. The molecule has 8 nitrogen and oxygen atoms in total. The van der Waals surface area contributed by atoms with Crippen molar-refractivity contribution in [2.75, 3.05) is 0 Å². The lowest BCUT2D eigenvalue weighted by Crippen LogP contribution is -2.06. The molecule has 0 aliphatic carbocycles. The lowest BCUT2D eigenvalue weighted by molar-refractivity contribution is -0.136. The SMILES string of the molecule is O=C(O)/C=C/CC(=O)O.O=C(O)c1ccccc1C(=O)O. The quantitative estimate of drug-likeness (QED) is 0.592. The Kier molecular flexibility index (Phi) is 7.53. The Bertz CT molecular complexity index is 540. The van der Waals surface area contributed by atoms with Crippen LogP contribution in [0.2, 0.25) is 0 Å². The Morgan fingerprint density at radius 3 is 1.57 bits per heavy atom. The molecular weight excluding hydrogens is 284 g/mol. The van der Waals surface area contributed by atoms with Gasteiger partial charge in [-0.25, -0.2) is 14.4 Å². The molecule has 0 aromatic heterocycles. The molecule has 0 unspecified atom stereocenters. The first-order chi connectivity index (χ1) is 9.75. The maximum absolute atomic E-state index is 10.5. The largest absolute Gasteiger partial charge is 0.481 e. The van der Waals surface area contributed by atoms with Crippen molar-refractivity contribution >= 4 is 23.9 Å². The number of carboxylic acids is 4. The smallest absolute Gasteiger partial charge is 0.336 e. The van der Waals surface area contributed by atoms with Crippen molar-refractivity contribution in [3.63, 3.8) is 0 Å². The molecule has 0 saturated heterocycles. The van der Waals surface area contributed by atoms with Gasteiger partial charge < -0.3 is 20.4 Å². The van der Waals surface area contributed by atoms with E-state index in [9.17, 15) is 19.2 Å². The molecule has 112 valence electrons. The van der Waals surface area contributed by atoms with E-state index >= 15 is 0 Å². The second-order valence-electron chi connectivity index (χ2n) is 3.49. The Balaban J connectivity index is 0.000000400. The van der Waals surface area contributed by atoms with Crippen molar-refractivity contribution in [1.29, 1.82) is 0 Å². The number of rotatable bonds is 5. The van der Waals surface area contributed by atoms with Crippen LogP contribution in [0.1, 0.15) is 27.1 Å². The first-order valence-corrected chi connectivity index (χ1v) is 5.42. The first-order valence-electron chi connectivity index (χ1n) is 5.42. The van der Waals surface area contributed by atoms with E-state index in [0.717, 1.165) is 12.2 Å². The van der Waals surface area contributed by atoms with Crippen molar-refractivity contribution in [2.24, 2.45) is 0 Å². The molecule has 4 N–H and O–H groups in total. The van der Waals surface area contributed by atoms with Crippen LogP contribution in [0.15, 0.2) is 36.4 Å². The van der Waals surface area contributed by atoms with E-state index in [2.05, 4.69) is 0 Å². The maximum atomic E-state index is 10.5. The van der Waals surface area contributed by atoms with Crippen LogP contribution >= 0.6 is 0 Å². The molecular formula is C13H12O8. The topological polar surface area (TPSA) is 149 Å². The summed E-state index contributed by atoms with van der Waals surface area (Å²) in [6.07, 6.45) is 1.63. The van der Waals surface area contributed by atoms with E-state index in [1.54, 1.807) is 0 Å². The predicted octanol–water partition coefficient (Wildman–Crippen LogP) is 1.18. The van der Waals surface area contributed by atoms with Crippen molar-refractivity contribution < 1.29 is 39.6 Å². The highest BCUT2D eigenvalue weighted by Crippen LogP contribution is 2.07. The molecule has 0 saturated carbocycles. The van der Waals surface area contributed by atoms with Crippen molar-refractivity contribution in [3.8, 4) is 0 Å². The van der Waals surface area contributed by atoms with Crippen molar-refractivity contribution in [1.82, 2.24) is 0 Å². The first kappa shape index (κ1) is 17.8. The molecule has 0 aliphatic heterocycles. The highest BCUT2D eigenvalue weighted by molar-refractivity contribution is 6.01. The summed E-state index contributed by atoms with van der Waals surface area (Å²) < 4.78 is 0. The van der Waals surface area contributed by atoms with Gasteiger partial charge in [-0.15, -0.1) is 0 Å². The fraction of sp³-hybridized carbons (Fsp3) is 0.0769. The third-order valence-corrected chi connectivity index (χ3v) is 1.94. The molecule has 1 rings (SSSR count). The average molecular weight is 296 g/mol. The third kappa shape index (κ3) is 7.78. The summed E-state index contributed by atoms with van der Waals surface area (Å²) in [7, 11) is 0. The van der Waals surface area contributed by atoms with Gasteiger partial charge in [0.1, 0.15) is 0 Å². The summed E-state index contributed by atoms with van der Waals surface area (Å²) >= 11 is 0. The minimum Gasteiger partial charge on any atom is -0.481 e. The highest BCUT2D eigenvalue weighted by Gasteiger charge is 2.13. The van der Waals surface area contributed by atoms with Gasteiger partial charge in [0.15, 0.2) is 0 Å². The second kappa shape index (κ2) is 8.86. The summed E-state index contributed by atoms with van der Waals surface area (Å²) in [6, 6.07) is 5.48. The van der Waals surface area contributed by atoms with Gasteiger partial charge in [0, 0.05) is 6.08 Å². The maximum Gasteiger partial charge on any atom is 0.336 e. The normalized spacial score (nSPS) is 9.52. The number of hydrogen-bond donors (Lipinski definition) is 4. The second-order valence-corrected chi connectivity index (χ2v) is 3.49. The van der Waals surface area contributed by atoms with Crippen LogP contribution in [0.4, 0.5) is 0 Å². The van der Waals surface area contributed by atoms with E-state index in [0.29, 0.717) is 0 Å². The molecule has 0 bridgehead atoms. The van der Waals surface area contributed by atoms with Crippen LogP contribution in [0.3, 0.4) is 0 Å². The predicted molar refractivity (Wildman–Crippen MR) is 69.4 cm³/mol. The monoisotopic (exact) mass is 296 g/mol. The average Bonchev–Trinajstić information content (AvgIpc) is 2.38. The summed E-state index contributed by atoms with van der Waals surface area (Å²) in [4.78, 5) is 40.4. The number of hydrogen-bond acceptors (Lipinski definition) is 4. The molecule has 0 radical (unpaired) electrons. The third-order valence-electron chi connectivity index (χ3n) is 1.94. The zero-order chi connectivity index (χ0) is 16.4. The molecule has 0 spiro atoms. The van der Waals surface area contributed by atoms with Gasteiger partial charge in [-0.3, -0.25) is 4.79 Å². The summed E-state index contributed by atoms with van der Waals surface area (Å²) in [5.74, 6) is -4.62. The Morgan fingerprint density at radius 2 is 1.29 bits per heavy atom. The number of aliphatic carboxylic acids is 2. The number of carboxylic acid groups (broad SMARTS) is 4. The van der Waals surface area contributed by atoms with Crippen LogP contribution in [-0.2, 0) is 9.59 Å². The fourth-order valence-electron chi connectivity index (χ4n) is 1.12. The van der Waals surface area contributed by atoms with Crippen LogP contribution in [0.5, 0.6) is 0 Å². The molecule has 1 aromatic rings. The molecule has 0 aliphatic rings. The van der Waals surface area contributed by atoms with Crippen molar-refractivity contribution in [3.05, 3.63) is 47.5 Å². The van der Waals surface area contributed by atoms with Gasteiger partial charge in [0.25, 0.3) is 0 Å². The summed E-state index contributed by atoms with van der Waals surface area (Å²) in [6.45, 7) is 0. The molecule has 0 amide bonds. The zero-order valence-electron chi connectivity index (χ0n) is 10.6. The molecule has 0 fully saturated rings. The van der Waals surface area contributed by atoms with Gasteiger partial charge in [-0.2, -0.15) is 0 Å². The lowest BCUT2D eigenvalue weighted by atomic mass is 10.1. The van der Waals surface area contributed by atoms with Crippen LogP contribution in [-0.4, -0.2) is 44.3 Å². The number of aromatic carboxylic acids is 2. The molecule has 0 heterocycles. The van der Waals surface area contributed by atoms with E-state index in [1.807, 2.05) is 0 Å². The van der Waals surface area contributed by atoms with E-state index in [-0.39, 0.29) is 17.5 Å². The Hall–Kier alpha value is -3.16. The highest BCUT2D eigenvalue weighted by atomic mass is 16.4. The number of benzene rings is 1. The van der Waals surface area contributed by atoms with Crippen LogP contribution in [0, 0.1) is 0 Å². The molecule has 1 aromatic carbocycles. The standard InChI is InChI=1S/C8H6O4.C5H6O4/c9-7(10)5-3-1-2-4-6(5)8(11)12;6-4(7)2-1-3-5(8)9/h1-4H,(H,9,10)(H,11,12);1-2H,3H2,(H,6,7)(H,8,9)/b;2-1+. The molecule has 0 atom stereocenters. The van der Waals surface area contributed by atoms with Gasteiger partial charge in [-0.05, 0) is 12.1 Å². The van der Waals surface area contributed by atoms with Gasteiger partial charge in [0.2, 0.25) is 0 Å². The minimum absolute atomic E-state index is 0.190. The lowest BCUT2D eigenvalue weighted by Gasteiger charge is -1.98.